The zero-order chi connectivity index (χ0) is 21.4. The molecular weight excluding hydrogens is 488 g/mol. The molecule has 1 N–H and O–H groups in total. The van der Waals surface area contributed by atoms with Gasteiger partial charge in [-0.05, 0) is 52.9 Å². The van der Waals surface area contributed by atoms with Gasteiger partial charge in [0.1, 0.15) is 17.5 Å². The van der Waals surface area contributed by atoms with Crippen molar-refractivity contribution < 1.29 is 14.1 Å². The van der Waals surface area contributed by atoms with Gasteiger partial charge in [0.05, 0.1) is 15.0 Å². The average molecular weight is 504 g/mol. The lowest BCUT2D eigenvalue weighted by atomic mass is 10.2. The lowest BCUT2D eigenvalue weighted by Crippen LogP contribution is -2.23. The van der Waals surface area contributed by atoms with Gasteiger partial charge < -0.3 is 14.6 Å². The van der Waals surface area contributed by atoms with Gasteiger partial charge in [0.25, 0.3) is 5.91 Å². The van der Waals surface area contributed by atoms with Crippen molar-refractivity contribution >= 4 is 44.5 Å². The summed E-state index contributed by atoms with van der Waals surface area (Å²) in [6.45, 7) is 1.02. The van der Waals surface area contributed by atoms with Gasteiger partial charge in [-0.2, -0.15) is 0 Å². The van der Waals surface area contributed by atoms with E-state index in [1.54, 1.807) is 6.07 Å². The van der Waals surface area contributed by atoms with E-state index in [1.807, 2.05) is 16.8 Å². The number of rotatable bonds is 7. The molecule has 1 aromatic carbocycles. The molecule has 3 aromatic heterocycles. The number of nitrogens with one attached hydrogen (secondary N) is 1. The number of nitrogens with zero attached hydrogens (tertiary/aromatic N) is 5. The number of aromatic nitrogens is 5. The van der Waals surface area contributed by atoms with Crippen LogP contribution in [0.1, 0.15) is 28.9 Å². The van der Waals surface area contributed by atoms with Crippen molar-refractivity contribution in [2.75, 3.05) is 0 Å². The van der Waals surface area contributed by atoms with Crippen molar-refractivity contribution in [3.8, 4) is 11.6 Å². The van der Waals surface area contributed by atoms with Crippen LogP contribution < -0.4 is 10.1 Å². The number of halogens is 2. The van der Waals surface area contributed by atoms with E-state index in [4.69, 9.17) is 20.9 Å². The van der Waals surface area contributed by atoms with E-state index in [-0.39, 0.29) is 18.1 Å². The summed E-state index contributed by atoms with van der Waals surface area (Å²) < 4.78 is 13.4. The molecule has 158 valence electrons. The van der Waals surface area contributed by atoms with Crippen LogP contribution in [0.2, 0.25) is 5.02 Å². The van der Waals surface area contributed by atoms with Gasteiger partial charge in [-0.3, -0.25) is 4.79 Å². The first-order valence-corrected chi connectivity index (χ1v) is 10.8. The molecule has 5 rings (SSSR count). The van der Waals surface area contributed by atoms with Crippen LogP contribution in [0.4, 0.5) is 0 Å². The molecule has 1 amide bonds. The summed E-state index contributed by atoms with van der Waals surface area (Å²) in [5.41, 5.74) is 2.44. The molecule has 31 heavy (non-hydrogen) atoms. The van der Waals surface area contributed by atoms with Crippen LogP contribution in [-0.2, 0) is 13.1 Å². The number of amides is 1. The molecule has 0 saturated heterocycles. The summed E-state index contributed by atoms with van der Waals surface area (Å²) in [5.74, 6) is 1.16. The predicted molar refractivity (Wildman–Crippen MR) is 115 cm³/mol. The zero-order valence-corrected chi connectivity index (χ0v) is 18.4. The zero-order valence-electron chi connectivity index (χ0n) is 16.1. The van der Waals surface area contributed by atoms with Crippen LogP contribution in [0.15, 0.2) is 45.7 Å². The Bertz CT molecular complexity index is 1260. The smallest absolute Gasteiger partial charge is 0.273 e. The lowest BCUT2D eigenvalue weighted by Gasteiger charge is -2.12. The van der Waals surface area contributed by atoms with E-state index in [0.29, 0.717) is 38.1 Å². The van der Waals surface area contributed by atoms with Gasteiger partial charge in [-0.1, -0.05) is 22.0 Å². The maximum atomic E-state index is 12.2. The van der Waals surface area contributed by atoms with Gasteiger partial charge in [-0.25, -0.2) is 9.67 Å². The number of carbonyl (C=O) groups excluding carboxylic acids is 1. The van der Waals surface area contributed by atoms with Gasteiger partial charge in [0.15, 0.2) is 5.69 Å². The largest absolute Gasteiger partial charge is 0.437 e. The number of ether oxygens (including phenoxy) is 1. The highest BCUT2D eigenvalue weighted by Gasteiger charge is 2.24. The minimum absolute atomic E-state index is 0.145. The van der Waals surface area contributed by atoms with Gasteiger partial charge in [0, 0.05) is 30.9 Å². The number of hydrogen-bond acceptors (Lipinski definition) is 7. The maximum absolute atomic E-state index is 12.2. The Labute approximate surface area is 189 Å². The third-order valence-electron chi connectivity index (χ3n) is 4.93. The highest BCUT2D eigenvalue weighted by atomic mass is 79.9. The minimum atomic E-state index is -0.380. The molecule has 0 radical (unpaired) electrons. The molecule has 11 heteroatoms. The number of carbonyl (C=O) groups is 1. The van der Waals surface area contributed by atoms with Crippen LogP contribution in [-0.4, -0.2) is 31.0 Å². The van der Waals surface area contributed by atoms with Crippen molar-refractivity contribution in [2.45, 2.75) is 25.9 Å². The van der Waals surface area contributed by atoms with E-state index >= 15 is 0 Å². The van der Waals surface area contributed by atoms with Crippen LogP contribution in [0.25, 0.3) is 11.0 Å². The Morgan fingerprint density at radius 1 is 1.35 bits per heavy atom. The highest BCUT2D eigenvalue weighted by Crippen LogP contribution is 2.37. The van der Waals surface area contributed by atoms with Crippen molar-refractivity contribution in [1.82, 2.24) is 30.5 Å². The number of benzene rings is 1. The summed E-state index contributed by atoms with van der Waals surface area (Å²) in [5, 5.41) is 15.4. The maximum Gasteiger partial charge on any atom is 0.273 e. The Morgan fingerprint density at radius 3 is 3.00 bits per heavy atom. The summed E-state index contributed by atoms with van der Waals surface area (Å²) in [4.78, 5) is 16.5. The number of hydrogen-bond donors (Lipinski definition) is 1. The summed E-state index contributed by atoms with van der Waals surface area (Å²) in [6.07, 6.45) is 5.29. The molecule has 1 aliphatic carbocycles. The Balaban J connectivity index is 1.38. The predicted octanol–water partition coefficient (Wildman–Crippen LogP) is 4.36. The van der Waals surface area contributed by atoms with Crippen molar-refractivity contribution in [3.63, 3.8) is 0 Å². The van der Waals surface area contributed by atoms with Crippen molar-refractivity contribution in [1.29, 1.82) is 0 Å². The molecule has 0 atom stereocenters. The lowest BCUT2D eigenvalue weighted by molar-refractivity contribution is 0.0941. The second-order valence-electron chi connectivity index (χ2n) is 7.25. The Hall–Kier alpha value is -2.98. The third kappa shape index (κ3) is 4.26. The first-order chi connectivity index (χ1) is 15.1. The van der Waals surface area contributed by atoms with Gasteiger partial charge in [-0.15, -0.1) is 5.10 Å². The third-order valence-corrected chi connectivity index (χ3v) is 5.90. The standard InChI is InChI=1S/C20H16BrClN6O3/c21-17-16(4-3-15-18(17)25-27-28(15)10-11-1-2-11)31-20-12(7-13(22)9-24-20)8-23-19(29)14-5-6-30-26-14/h3-7,9,11H,1-2,8,10H2,(H,23,29). The van der Waals surface area contributed by atoms with E-state index in [1.165, 1.54) is 31.4 Å². The molecule has 3 heterocycles. The monoisotopic (exact) mass is 502 g/mol. The van der Waals surface area contributed by atoms with Crippen LogP contribution >= 0.6 is 27.5 Å². The normalized spacial score (nSPS) is 13.5. The molecule has 1 saturated carbocycles. The Morgan fingerprint density at radius 2 is 2.23 bits per heavy atom. The fourth-order valence-electron chi connectivity index (χ4n) is 3.13. The average Bonchev–Trinajstić information content (AvgIpc) is 3.24. The first-order valence-electron chi connectivity index (χ1n) is 9.61. The van der Waals surface area contributed by atoms with Crippen LogP contribution in [0, 0.1) is 5.92 Å². The summed E-state index contributed by atoms with van der Waals surface area (Å²) >= 11 is 9.68. The van der Waals surface area contributed by atoms with Gasteiger partial charge >= 0.3 is 0 Å². The SMILES string of the molecule is O=C(NCc1cc(Cl)cnc1Oc1ccc2c(nnn2CC2CC2)c1Br)c1ccon1. The van der Waals surface area contributed by atoms with E-state index in [2.05, 4.69) is 41.7 Å². The minimum Gasteiger partial charge on any atom is -0.437 e. The molecule has 0 spiro atoms. The summed E-state index contributed by atoms with van der Waals surface area (Å²) in [6, 6.07) is 6.93. The van der Waals surface area contributed by atoms with E-state index in [9.17, 15) is 4.79 Å². The molecular formula is C20H16BrClN6O3. The topological polar surface area (TPSA) is 108 Å². The fraction of sp³-hybridized carbons (Fsp3) is 0.250. The van der Waals surface area contributed by atoms with E-state index < -0.39 is 0 Å². The second-order valence-corrected chi connectivity index (χ2v) is 8.48. The molecule has 0 unspecified atom stereocenters. The molecule has 1 fully saturated rings. The number of pyridine rings is 1. The quantitative estimate of drug-likeness (QED) is 0.399. The Kier molecular flexibility index (Phi) is 5.33. The fourth-order valence-corrected chi connectivity index (χ4v) is 3.81. The molecule has 4 aromatic rings. The van der Waals surface area contributed by atoms with Gasteiger partial charge in [0.2, 0.25) is 5.88 Å². The molecule has 9 nitrogen and oxygen atoms in total. The van der Waals surface area contributed by atoms with Crippen molar-refractivity contribution in [3.05, 3.63) is 57.5 Å². The van der Waals surface area contributed by atoms with Crippen LogP contribution in [0.3, 0.4) is 0 Å². The molecule has 0 bridgehead atoms. The molecule has 0 aliphatic heterocycles. The van der Waals surface area contributed by atoms with Crippen molar-refractivity contribution in [2.24, 2.45) is 5.92 Å². The summed E-state index contributed by atoms with van der Waals surface area (Å²) in [7, 11) is 0. The second kappa shape index (κ2) is 8.27. The van der Waals surface area contributed by atoms with E-state index in [0.717, 1.165) is 12.1 Å². The number of fused-ring (bicyclic) bond motifs is 1. The van der Waals surface area contributed by atoms with Crippen LogP contribution in [0.5, 0.6) is 11.6 Å². The first kappa shape index (κ1) is 20.0. The highest BCUT2D eigenvalue weighted by molar-refractivity contribution is 9.10. The molecule has 1 aliphatic rings.